The van der Waals surface area contributed by atoms with E-state index < -0.39 is 21.8 Å². The molecule has 0 atom stereocenters. The minimum Gasteiger partial charge on any atom is -0.369 e. The van der Waals surface area contributed by atoms with Crippen molar-refractivity contribution < 1.29 is 21.6 Å². The molecule has 2 aromatic rings. The van der Waals surface area contributed by atoms with Crippen molar-refractivity contribution in [2.24, 2.45) is 0 Å². The van der Waals surface area contributed by atoms with Crippen LogP contribution in [0.15, 0.2) is 53.4 Å². The average molecular weight is 405 g/mol. The van der Waals surface area contributed by atoms with Crippen molar-refractivity contribution in [3.05, 3.63) is 59.1 Å². The predicted molar refractivity (Wildman–Crippen MR) is 93.9 cm³/mol. The third-order valence-electron chi connectivity index (χ3n) is 4.23. The molecule has 0 unspecified atom stereocenters. The molecule has 0 radical (unpaired) electrons. The zero-order valence-electron chi connectivity index (χ0n) is 13.6. The van der Waals surface area contributed by atoms with Gasteiger partial charge >= 0.3 is 6.18 Å². The highest BCUT2D eigenvalue weighted by Gasteiger charge is 2.32. The molecule has 0 spiro atoms. The first kappa shape index (κ1) is 19.0. The van der Waals surface area contributed by atoms with Crippen LogP contribution in [0.5, 0.6) is 0 Å². The van der Waals surface area contributed by atoms with E-state index in [1.807, 2.05) is 0 Å². The Balaban J connectivity index is 1.75. The van der Waals surface area contributed by atoms with Gasteiger partial charge in [-0.3, -0.25) is 0 Å². The van der Waals surface area contributed by atoms with Gasteiger partial charge in [0.25, 0.3) is 0 Å². The van der Waals surface area contributed by atoms with E-state index in [1.165, 1.54) is 22.5 Å². The smallest absolute Gasteiger partial charge is 0.369 e. The van der Waals surface area contributed by atoms with Crippen LogP contribution < -0.4 is 4.90 Å². The van der Waals surface area contributed by atoms with Gasteiger partial charge in [0.2, 0.25) is 10.0 Å². The number of rotatable bonds is 3. The van der Waals surface area contributed by atoms with Crippen LogP contribution in [0.1, 0.15) is 5.56 Å². The maximum atomic E-state index is 12.9. The summed E-state index contributed by atoms with van der Waals surface area (Å²) in [6, 6.07) is 11.2. The molecule has 0 saturated carbocycles. The quantitative estimate of drug-likeness (QED) is 0.779. The van der Waals surface area contributed by atoms with E-state index in [-0.39, 0.29) is 23.0 Å². The third kappa shape index (κ3) is 3.82. The molecule has 0 aromatic heterocycles. The fourth-order valence-electron chi connectivity index (χ4n) is 2.86. The van der Waals surface area contributed by atoms with Crippen LogP contribution in [0.3, 0.4) is 0 Å². The lowest BCUT2D eigenvalue weighted by Gasteiger charge is -2.35. The summed E-state index contributed by atoms with van der Waals surface area (Å²) in [7, 11) is -3.74. The maximum absolute atomic E-state index is 12.9. The number of anilines is 1. The molecule has 1 aliphatic rings. The number of benzene rings is 2. The van der Waals surface area contributed by atoms with Gasteiger partial charge in [-0.2, -0.15) is 17.5 Å². The number of halogens is 4. The molecule has 0 aliphatic carbocycles. The minimum atomic E-state index is -4.41. The first-order valence-electron chi connectivity index (χ1n) is 7.86. The molecule has 0 N–H and O–H groups in total. The fourth-order valence-corrected chi connectivity index (χ4v) is 4.77. The summed E-state index contributed by atoms with van der Waals surface area (Å²) in [6.45, 7) is 0.934. The summed E-state index contributed by atoms with van der Waals surface area (Å²) in [6.07, 6.45) is -4.41. The number of hydrogen-bond acceptors (Lipinski definition) is 3. The van der Waals surface area contributed by atoms with Gasteiger partial charge < -0.3 is 4.90 Å². The lowest BCUT2D eigenvalue weighted by molar-refractivity contribution is -0.137. The van der Waals surface area contributed by atoms with Gasteiger partial charge in [-0.1, -0.05) is 29.8 Å². The van der Waals surface area contributed by atoms with Gasteiger partial charge in [0.05, 0.1) is 10.6 Å². The number of sulfonamides is 1. The lowest BCUT2D eigenvalue weighted by atomic mass is 10.1. The Morgan fingerprint density at radius 3 is 2.19 bits per heavy atom. The minimum absolute atomic E-state index is 0.0363. The van der Waals surface area contributed by atoms with E-state index in [2.05, 4.69) is 0 Å². The summed E-state index contributed by atoms with van der Waals surface area (Å²) in [5.41, 5.74) is -0.296. The van der Waals surface area contributed by atoms with Gasteiger partial charge in [0, 0.05) is 31.9 Å². The van der Waals surface area contributed by atoms with E-state index in [9.17, 15) is 21.6 Å². The molecule has 4 nitrogen and oxygen atoms in total. The third-order valence-corrected chi connectivity index (χ3v) is 6.63. The van der Waals surface area contributed by atoms with Crippen molar-refractivity contribution in [2.75, 3.05) is 31.1 Å². The standard InChI is InChI=1S/C17H16ClF3N2O2S/c18-15-6-1-2-7-16(15)26(24,25)23-10-8-22(9-11-23)14-5-3-4-13(12-14)17(19,20)21/h1-7,12H,8-11H2. The Kier molecular flexibility index (Phi) is 5.18. The number of piperazine rings is 1. The molecule has 9 heteroatoms. The van der Waals surface area contributed by atoms with Crippen LogP contribution in [-0.4, -0.2) is 38.9 Å². The van der Waals surface area contributed by atoms with Gasteiger partial charge in [0.15, 0.2) is 0 Å². The molecular formula is C17H16ClF3N2O2S. The van der Waals surface area contributed by atoms with Crippen molar-refractivity contribution in [1.29, 1.82) is 0 Å². The molecular weight excluding hydrogens is 389 g/mol. The molecule has 1 fully saturated rings. The molecule has 0 amide bonds. The molecule has 1 heterocycles. The van der Waals surface area contributed by atoms with Crippen LogP contribution in [-0.2, 0) is 16.2 Å². The number of alkyl halides is 3. The van der Waals surface area contributed by atoms with Crippen molar-refractivity contribution in [1.82, 2.24) is 4.31 Å². The van der Waals surface area contributed by atoms with E-state index in [4.69, 9.17) is 11.6 Å². The summed E-state index contributed by atoms with van der Waals surface area (Å²) in [5, 5.41) is 0.146. The van der Waals surface area contributed by atoms with E-state index >= 15 is 0 Å². The second-order valence-corrected chi connectivity index (χ2v) is 8.18. The average Bonchev–Trinajstić information content (AvgIpc) is 2.61. The second-order valence-electron chi connectivity index (χ2n) is 5.87. The zero-order chi connectivity index (χ0) is 18.9. The largest absolute Gasteiger partial charge is 0.416 e. The molecule has 26 heavy (non-hydrogen) atoms. The highest BCUT2D eigenvalue weighted by atomic mass is 35.5. The topological polar surface area (TPSA) is 40.6 Å². The molecule has 2 aromatic carbocycles. The van der Waals surface area contributed by atoms with Crippen molar-refractivity contribution in [2.45, 2.75) is 11.1 Å². The predicted octanol–water partition coefficient (Wildman–Crippen LogP) is 3.87. The lowest BCUT2D eigenvalue weighted by Crippen LogP contribution is -2.48. The first-order chi connectivity index (χ1) is 12.2. The highest BCUT2D eigenvalue weighted by Crippen LogP contribution is 2.32. The SMILES string of the molecule is O=S(=O)(c1ccccc1Cl)N1CCN(c2cccc(C(F)(F)F)c2)CC1. The van der Waals surface area contributed by atoms with Crippen molar-refractivity contribution >= 4 is 27.3 Å². The van der Waals surface area contributed by atoms with E-state index in [1.54, 1.807) is 23.1 Å². The first-order valence-corrected chi connectivity index (χ1v) is 9.68. The molecule has 3 rings (SSSR count). The van der Waals surface area contributed by atoms with Gasteiger partial charge in [-0.15, -0.1) is 0 Å². The second kappa shape index (κ2) is 7.09. The van der Waals surface area contributed by atoms with Gasteiger partial charge in [-0.25, -0.2) is 8.42 Å². The van der Waals surface area contributed by atoms with Crippen LogP contribution in [0.2, 0.25) is 5.02 Å². The Morgan fingerprint density at radius 1 is 0.923 bits per heavy atom. The van der Waals surface area contributed by atoms with Crippen LogP contribution in [0.4, 0.5) is 18.9 Å². The molecule has 1 saturated heterocycles. The van der Waals surface area contributed by atoms with E-state index in [0.717, 1.165) is 12.1 Å². The van der Waals surface area contributed by atoms with Crippen LogP contribution in [0, 0.1) is 0 Å². The number of hydrogen-bond donors (Lipinski definition) is 0. The van der Waals surface area contributed by atoms with Gasteiger partial charge in [-0.05, 0) is 30.3 Å². The summed E-state index contributed by atoms with van der Waals surface area (Å²) in [5.74, 6) is 0. The number of nitrogens with zero attached hydrogens (tertiary/aromatic N) is 2. The summed E-state index contributed by atoms with van der Waals surface area (Å²) in [4.78, 5) is 1.78. The van der Waals surface area contributed by atoms with Gasteiger partial charge in [0.1, 0.15) is 4.90 Å². The van der Waals surface area contributed by atoms with Crippen LogP contribution >= 0.6 is 11.6 Å². The Bertz CT molecular complexity index is 895. The monoisotopic (exact) mass is 404 g/mol. The maximum Gasteiger partial charge on any atom is 0.416 e. The normalized spacial score (nSPS) is 16.7. The van der Waals surface area contributed by atoms with Crippen LogP contribution in [0.25, 0.3) is 0 Å². The molecule has 140 valence electrons. The summed E-state index contributed by atoms with van der Waals surface area (Å²) >= 11 is 5.99. The van der Waals surface area contributed by atoms with E-state index in [0.29, 0.717) is 18.8 Å². The Morgan fingerprint density at radius 2 is 1.58 bits per heavy atom. The molecule has 0 bridgehead atoms. The van der Waals surface area contributed by atoms with Crippen molar-refractivity contribution in [3.63, 3.8) is 0 Å². The summed E-state index contributed by atoms with van der Waals surface area (Å²) < 4.78 is 65.3. The van der Waals surface area contributed by atoms with Crippen molar-refractivity contribution in [3.8, 4) is 0 Å². The molecule has 1 aliphatic heterocycles. The zero-order valence-corrected chi connectivity index (χ0v) is 15.2. The Hall–Kier alpha value is -1.77. The Labute approximate surface area is 154 Å². The highest BCUT2D eigenvalue weighted by molar-refractivity contribution is 7.89. The fraction of sp³-hybridized carbons (Fsp3) is 0.294.